The van der Waals surface area contributed by atoms with Crippen LogP contribution < -0.4 is 14.9 Å². The number of carbonyl (C=O) groups excluding carboxylic acids is 1. The number of likely N-dealkylation sites (tertiary alicyclic amines) is 1. The second kappa shape index (κ2) is 15.4. The van der Waals surface area contributed by atoms with Crippen molar-refractivity contribution in [1.29, 1.82) is 0 Å². The topological polar surface area (TPSA) is 137 Å². The molecule has 11 nitrogen and oxygen atoms in total. The number of piperidine rings is 1. The number of amides is 1. The van der Waals surface area contributed by atoms with E-state index in [9.17, 15) is 19.8 Å². The maximum Gasteiger partial charge on any atom is 0.305 e. The molecule has 0 aliphatic carbocycles. The Morgan fingerprint density at radius 1 is 1.04 bits per heavy atom. The molecule has 1 amide bonds. The molecule has 1 aromatic heterocycles. The molecule has 12 heteroatoms. The number of H-pyrrole nitrogens is 1. The lowest BCUT2D eigenvalue weighted by molar-refractivity contribution is -0.163. The van der Waals surface area contributed by atoms with E-state index < -0.39 is 6.10 Å². The minimum absolute atomic E-state index is 0.00863. The third-order valence-electron chi connectivity index (χ3n) is 8.92. The summed E-state index contributed by atoms with van der Waals surface area (Å²) >= 11 is 0.977. The maximum absolute atomic E-state index is 12.8. The first kappa shape index (κ1) is 33.1. The van der Waals surface area contributed by atoms with Crippen LogP contribution >= 0.6 is 11.3 Å². The van der Waals surface area contributed by atoms with E-state index in [0.29, 0.717) is 61.8 Å². The second-order valence-corrected chi connectivity index (χ2v) is 13.2. The summed E-state index contributed by atoms with van der Waals surface area (Å²) in [6, 6.07) is 20.9. The molecule has 4 aromatic rings. The van der Waals surface area contributed by atoms with Gasteiger partial charge in [-0.1, -0.05) is 59.9 Å². The Labute approximate surface area is 277 Å². The number of aliphatic hydroxyl groups excluding tert-OH is 1. The number of nitrogens with one attached hydrogen (secondary N) is 2. The molecule has 2 aliphatic heterocycles. The van der Waals surface area contributed by atoms with Gasteiger partial charge in [0.2, 0.25) is 5.91 Å². The molecule has 2 aliphatic rings. The van der Waals surface area contributed by atoms with Crippen molar-refractivity contribution in [2.75, 3.05) is 59.1 Å². The fourth-order valence-corrected chi connectivity index (χ4v) is 7.15. The van der Waals surface area contributed by atoms with Gasteiger partial charge in [-0.05, 0) is 42.2 Å². The molecule has 1 spiro atoms. The van der Waals surface area contributed by atoms with Gasteiger partial charge in [0.15, 0.2) is 0 Å². The van der Waals surface area contributed by atoms with Crippen molar-refractivity contribution in [1.82, 2.24) is 20.1 Å². The van der Waals surface area contributed by atoms with Crippen LogP contribution in [-0.4, -0.2) is 95.6 Å². The number of carbonyl (C=O) groups is 1. The highest BCUT2D eigenvalue weighted by Gasteiger charge is 2.40. The summed E-state index contributed by atoms with van der Waals surface area (Å²) in [6.45, 7) is 6.31. The number of hydrogen-bond acceptors (Lipinski definition) is 10. The average Bonchev–Trinajstić information content (AvgIpc) is 3.49. The zero-order valence-corrected chi connectivity index (χ0v) is 27.2. The number of hydrogen-bond donors (Lipinski definition) is 4. The Hall–Kier alpha value is -3.78. The van der Waals surface area contributed by atoms with Gasteiger partial charge in [-0.25, -0.2) is 0 Å². The predicted molar refractivity (Wildman–Crippen MR) is 180 cm³/mol. The number of aromatic hydroxyl groups is 1. The Morgan fingerprint density at radius 3 is 2.62 bits per heavy atom. The molecule has 250 valence electrons. The van der Waals surface area contributed by atoms with E-state index in [-0.39, 0.29) is 28.7 Å². The molecule has 3 heterocycles. The van der Waals surface area contributed by atoms with Gasteiger partial charge in [0.25, 0.3) is 0 Å². The number of thiazole rings is 1. The summed E-state index contributed by atoms with van der Waals surface area (Å²) < 4.78 is 18.5. The van der Waals surface area contributed by atoms with Gasteiger partial charge in [-0.15, -0.1) is 0 Å². The number of fused-ring (bicyclic) bond motifs is 1. The number of phenols is 1. The summed E-state index contributed by atoms with van der Waals surface area (Å²) in [5, 5.41) is 23.9. The standard InChI is InChI=1S/C35H42N4O7S/c40-29-11-10-28(33-32(29)37-34(43)47-33)30(41)21-36-20-25-6-8-27(9-7-25)45-18-16-38-14-12-35(13-15-38)24-39(17-19-46-35)31(42)23-44-22-26-4-2-1-3-5-26/h1-11,30,36,40-41H,12-24H2,(H,37,43). The van der Waals surface area contributed by atoms with Crippen LogP contribution in [0.2, 0.25) is 0 Å². The van der Waals surface area contributed by atoms with Gasteiger partial charge < -0.3 is 39.6 Å². The number of nitrogens with zero attached hydrogens (tertiary/aromatic N) is 2. The van der Waals surface area contributed by atoms with Crippen LogP contribution in [0.25, 0.3) is 10.2 Å². The number of benzene rings is 3. The van der Waals surface area contributed by atoms with Gasteiger partial charge in [0.1, 0.15) is 30.2 Å². The molecule has 0 bridgehead atoms. The van der Waals surface area contributed by atoms with Crippen LogP contribution in [0.4, 0.5) is 0 Å². The van der Waals surface area contributed by atoms with E-state index in [1.54, 1.807) is 6.07 Å². The van der Waals surface area contributed by atoms with Crippen molar-refractivity contribution in [2.45, 2.75) is 37.7 Å². The zero-order chi connectivity index (χ0) is 32.6. The minimum atomic E-state index is -0.826. The second-order valence-electron chi connectivity index (χ2n) is 12.2. The average molecular weight is 663 g/mol. The summed E-state index contributed by atoms with van der Waals surface area (Å²) in [6.07, 6.45) is 0.926. The van der Waals surface area contributed by atoms with Gasteiger partial charge in [-0.2, -0.15) is 0 Å². The number of aromatic amines is 1. The largest absolute Gasteiger partial charge is 0.506 e. The molecule has 2 fully saturated rings. The van der Waals surface area contributed by atoms with E-state index in [1.165, 1.54) is 6.07 Å². The van der Waals surface area contributed by atoms with Crippen LogP contribution in [0, 0.1) is 0 Å². The highest BCUT2D eigenvalue weighted by molar-refractivity contribution is 7.16. The highest BCUT2D eigenvalue weighted by Crippen LogP contribution is 2.32. The van der Waals surface area contributed by atoms with E-state index in [2.05, 4.69) is 15.2 Å². The number of aromatic nitrogens is 1. The van der Waals surface area contributed by atoms with Crippen molar-refractivity contribution < 1.29 is 29.2 Å². The quantitative estimate of drug-likeness (QED) is 0.170. The molecule has 1 unspecified atom stereocenters. The molecular weight excluding hydrogens is 620 g/mol. The van der Waals surface area contributed by atoms with Crippen LogP contribution in [0.15, 0.2) is 71.5 Å². The van der Waals surface area contributed by atoms with Crippen molar-refractivity contribution in [3.05, 3.63) is 93.1 Å². The summed E-state index contributed by atoms with van der Waals surface area (Å²) in [5.41, 5.74) is 2.78. The molecule has 2 saturated heterocycles. The zero-order valence-electron chi connectivity index (χ0n) is 26.4. The van der Waals surface area contributed by atoms with E-state index in [1.807, 2.05) is 59.5 Å². The summed E-state index contributed by atoms with van der Waals surface area (Å²) in [7, 11) is 0. The third kappa shape index (κ3) is 8.58. The van der Waals surface area contributed by atoms with Gasteiger partial charge in [-0.3, -0.25) is 14.5 Å². The first-order valence-electron chi connectivity index (χ1n) is 16.1. The number of phenolic OH excluding ortho intramolecular Hbond substituents is 1. The van der Waals surface area contributed by atoms with Gasteiger partial charge in [0, 0.05) is 51.4 Å². The highest BCUT2D eigenvalue weighted by atomic mass is 32.1. The summed E-state index contributed by atoms with van der Waals surface area (Å²) in [5.74, 6) is 0.813. The molecule has 0 radical (unpaired) electrons. The first-order valence-corrected chi connectivity index (χ1v) is 16.9. The smallest absolute Gasteiger partial charge is 0.305 e. The summed E-state index contributed by atoms with van der Waals surface area (Å²) in [4.78, 5) is 31.2. The molecule has 6 rings (SSSR count). The van der Waals surface area contributed by atoms with Crippen molar-refractivity contribution in [3.63, 3.8) is 0 Å². The van der Waals surface area contributed by atoms with Crippen LogP contribution in [0.5, 0.6) is 11.5 Å². The molecule has 0 saturated carbocycles. The van der Waals surface area contributed by atoms with E-state index in [4.69, 9.17) is 14.2 Å². The van der Waals surface area contributed by atoms with Gasteiger partial charge in [0.05, 0.1) is 29.6 Å². The Kier molecular flexibility index (Phi) is 10.9. The van der Waals surface area contributed by atoms with Crippen molar-refractivity contribution in [2.24, 2.45) is 0 Å². The fourth-order valence-electron chi connectivity index (χ4n) is 6.23. The van der Waals surface area contributed by atoms with Gasteiger partial charge >= 0.3 is 4.87 Å². The molecular formula is C35H42N4O7S. The maximum atomic E-state index is 12.8. The molecule has 1 atom stereocenters. The Bertz CT molecular complexity index is 1670. The molecule has 47 heavy (non-hydrogen) atoms. The fraction of sp³-hybridized carbons (Fsp3) is 0.429. The number of ether oxygens (including phenoxy) is 3. The minimum Gasteiger partial charge on any atom is -0.506 e. The number of aliphatic hydroxyl groups is 1. The van der Waals surface area contributed by atoms with Crippen LogP contribution in [0.3, 0.4) is 0 Å². The Balaban J connectivity index is 0.877. The number of morpholine rings is 1. The lowest BCUT2D eigenvalue weighted by atomic mass is 9.89. The van der Waals surface area contributed by atoms with Crippen LogP contribution in [0.1, 0.15) is 35.6 Å². The normalized spacial score (nSPS) is 17.3. The third-order valence-corrected chi connectivity index (χ3v) is 9.85. The lowest BCUT2D eigenvalue weighted by Gasteiger charge is -2.47. The van der Waals surface area contributed by atoms with E-state index >= 15 is 0 Å². The molecule has 4 N–H and O–H groups in total. The molecule has 3 aromatic carbocycles. The Morgan fingerprint density at radius 2 is 1.83 bits per heavy atom. The first-order chi connectivity index (χ1) is 22.9. The van der Waals surface area contributed by atoms with Crippen LogP contribution in [-0.2, 0) is 27.4 Å². The monoisotopic (exact) mass is 662 g/mol. The lowest BCUT2D eigenvalue weighted by Crippen LogP contribution is -2.58. The van der Waals surface area contributed by atoms with E-state index in [0.717, 1.165) is 60.7 Å². The van der Waals surface area contributed by atoms with Crippen molar-refractivity contribution in [3.8, 4) is 11.5 Å². The van der Waals surface area contributed by atoms with Crippen molar-refractivity contribution >= 4 is 27.5 Å². The SMILES string of the molecule is O=C(COCc1ccccc1)N1CCOC2(CCN(CCOc3ccc(CNCC(O)c4ccc(O)c5[nH]c(=O)sc45)cc3)CC2)C1. The predicted octanol–water partition coefficient (Wildman–Crippen LogP) is 3.41. The number of rotatable bonds is 13.